The van der Waals surface area contributed by atoms with Crippen molar-refractivity contribution in [1.29, 1.82) is 0 Å². The molecule has 1 amide bonds. The van der Waals surface area contributed by atoms with Crippen LogP contribution in [0.3, 0.4) is 0 Å². The van der Waals surface area contributed by atoms with Crippen molar-refractivity contribution in [1.82, 2.24) is 4.90 Å². The number of fused-ring (bicyclic) bond motifs is 2. The van der Waals surface area contributed by atoms with Crippen LogP contribution in [-0.4, -0.2) is 50.4 Å². The highest BCUT2D eigenvalue weighted by molar-refractivity contribution is 5.99. The first-order valence-corrected chi connectivity index (χ1v) is 10.7. The standard InChI is InChI=1S/C25H27NO7/c1-13-9-14(2)22-16(10-13)21(28)19-20(26(7-6-8-27)25(29)24(19)33-22)15-11-17(30-3)23(32-5)18(12-15)31-4/h9-12,20,27H,6-8H2,1-5H3. The second kappa shape index (κ2) is 8.78. The van der Waals surface area contributed by atoms with Gasteiger partial charge in [0.1, 0.15) is 5.58 Å². The molecule has 0 spiro atoms. The number of methoxy groups -OCH3 is 3. The third-order valence-electron chi connectivity index (χ3n) is 5.96. The molecule has 1 aromatic heterocycles. The number of aliphatic hydroxyl groups is 1. The monoisotopic (exact) mass is 453 g/mol. The molecule has 8 nitrogen and oxygen atoms in total. The van der Waals surface area contributed by atoms with Gasteiger partial charge in [0, 0.05) is 13.2 Å². The molecule has 1 N–H and O–H groups in total. The second-order valence-electron chi connectivity index (χ2n) is 8.07. The molecule has 0 radical (unpaired) electrons. The van der Waals surface area contributed by atoms with Crippen molar-refractivity contribution in [3.63, 3.8) is 0 Å². The Balaban J connectivity index is 2.03. The predicted molar refractivity (Wildman–Crippen MR) is 123 cm³/mol. The number of nitrogens with zero attached hydrogens (tertiary/aromatic N) is 1. The lowest BCUT2D eigenvalue weighted by Crippen LogP contribution is -2.31. The maximum atomic E-state index is 13.7. The van der Waals surface area contributed by atoms with Crippen molar-refractivity contribution in [3.8, 4) is 17.2 Å². The highest BCUT2D eigenvalue weighted by Crippen LogP contribution is 2.45. The summed E-state index contributed by atoms with van der Waals surface area (Å²) >= 11 is 0. The average Bonchev–Trinajstić information content (AvgIpc) is 3.09. The van der Waals surface area contributed by atoms with E-state index in [1.54, 1.807) is 23.1 Å². The van der Waals surface area contributed by atoms with E-state index in [1.807, 2.05) is 19.9 Å². The minimum atomic E-state index is -0.728. The van der Waals surface area contributed by atoms with Crippen molar-refractivity contribution in [3.05, 3.63) is 62.5 Å². The molecular formula is C25H27NO7. The maximum Gasteiger partial charge on any atom is 0.290 e. The van der Waals surface area contributed by atoms with Gasteiger partial charge >= 0.3 is 0 Å². The number of rotatable bonds is 7. The van der Waals surface area contributed by atoms with Gasteiger partial charge < -0.3 is 28.6 Å². The molecule has 1 aliphatic heterocycles. The van der Waals surface area contributed by atoms with Gasteiger partial charge in [-0.15, -0.1) is 0 Å². The van der Waals surface area contributed by atoms with Gasteiger partial charge in [0.2, 0.25) is 11.5 Å². The fourth-order valence-corrected chi connectivity index (χ4v) is 4.55. The van der Waals surface area contributed by atoms with E-state index >= 15 is 0 Å². The number of carbonyl (C=O) groups is 1. The first-order chi connectivity index (χ1) is 15.9. The molecule has 0 bridgehead atoms. The number of benzene rings is 2. The normalized spacial score (nSPS) is 15.2. The molecule has 0 aliphatic carbocycles. The van der Waals surface area contributed by atoms with E-state index in [1.165, 1.54) is 21.3 Å². The van der Waals surface area contributed by atoms with Gasteiger partial charge in [0.15, 0.2) is 16.9 Å². The van der Waals surface area contributed by atoms with Crippen molar-refractivity contribution in [2.24, 2.45) is 0 Å². The number of hydrogen-bond acceptors (Lipinski definition) is 7. The largest absolute Gasteiger partial charge is 0.493 e. The van der Waals surface area contributed by atoms with Gasteiger partial charge in [-0.2, -0.15) is 0 Å². The van der Waals surface area contributed by atoms with E-state index in [0.717, 1.165) is 11.1 Å². The van der Waals surface area contributed by atoms with Gasteiger partial charge in [-0.1, -0.05) is 6.07 Å². The third kappa shape index (κ3) is 3.60. The second-order valence-corrected chi connectivity index (χ2v) is 8.07. The summed E-state index contributed by atoms with van der Waals surface area (Å²) in [4.78, 5) is 28.7. The zero-order chi connectivity index (χ0) is 23.9. The van der Waals surface area contributed by atoms with Crippen LogP contribution in [0.1, 0.15) is 45.3 Å². The molecule has 0 saturated heterocycles. The quantitative estimate of drug-likeness (QED) is 0.586. The maximum absolute atomic E-state index is 13.7. The van der Waals surface area contributed by atoms with Crippen LogP contribution in [0.25, 0.3) is 11.0 Å². The smallest absolute Gasteiger partial charge is 0.290 e. The van der Waals surface area contributed by atoms with Crippen LogP contribution in [0.2, 0.25) is 0 Å². The van der Waals surface area contributed by atoms with Crippen molar-refractivity contribution in [2.45, 2.75) is 26.3 Å². The lowest BCUT2D eigenvalue weighted by molar-refractivity contribution is 0.0716. The van der Waals surface area contributed by atoms with E-state index in [4.69, 9.17) is 18.6 Å². The first-order valence-electron chi connectivity index (χ1n) is 10.7. The molecule has 1 unspecified atom stereocenters. The summed E-state index contributed by atoms with van der Waals surface area (Å²) < 4.78 is 22.5. The molecule has 1 atom stereocenters. The lowest BCUT2D eigenvalue weighted by atomic mass is 9.96. The number of hydrogen-bond donors (Lipinski definition) is 1. The van der Waals surface area contributed by atoms with Crippen LogP contribution < -0.4 is 19.6 Å². The van der Waals surface area contributed by atoms with Gasteiger partial charge in [-0.25, -0.2) is 0 Å². The number of aryl methyl sites for hydroxylation is 2. The zero-order valence-electron chi connectivity index (χ0n) is 19.4. The molecule has 2 aromatic carbocycles. The lowest BCUT2D eigenvalue weighted by Gasteiger charge is -2.26. The molecule has 174 valence electrons. The van der Waals surface area contributed by atoms with Gasteiger partial charge in [0.05, 0.1) is 38.3 Å². The summed E-state index contributed by atoms with van der Waals surface area (Å²) in [6.07, 6.45) is 0.354. The Morgan fingerprint density at radius 1 is 1.00 bits per heavy atom. The summed E-state index contributed by atoms with van der Waals surface area (Å²) in [6.45, 7) is 3.91. The summed E-state index contributed by atoms with van der Waals surface area (Å²) in [6, 6.07) is 6.42. The van der Waals surface area contributed by atoms with E-state index in [2.05, 4.69) is 0 Å². The van der Waals surface area contributed by atoms with E-state index in [9.17, 15) is 14.7 Å². The molecule has 33 heavy (non-hydrogen) atoms. The molecule has 8 heteroatoms. The van der Waals surface area contributed by atoms with E-state index in [0.29, 0.717) is 40.2 Å². The van der Waals surface area contributed by atoms with E-state index in [-0.39, 0.29) is 29.9 Å². The Morgan fingerprint density at radius 2 is 1.67 bits per heavy atom. The molecule has 0 fully saturated rings. The van der Waals surface area contributed by atoms with Gasteiger partial charge in [-0.3, -0.25) is 9.59 Å². The van der Waals surface area contributed by atoms with E-state index < -0.39 is 11.9 Å². The van der Waals surface area contributed by atoms with Crippen molar-refractivity contribution >= 4 is 16.9 Å². The number of aliphatic hydroxyl groups excluding tert-OH is 1. The van der Waals surface area contributed by atoms with Crippen LogP contribution in [0.4, 0.5) is 0 Å². The first kappa shape index (κ1) is 22.7. The summed E-state index contributed by atoms with van der Waals surface area (Å²) in [5.74, 6) is 0.859. The molecule has 0 saturated carbocycles. The molecule has 3 aromatic rings. The van der Waals surface area contributed by atoms with Crippen LogP contribution >= 0.6 is 0 Å². The summed E-state index contributed by atoms with van der Waals surface area (Å²) in [5, 5.41) is 9.85. The summed E-state index contributed by atoms with van der Waals surface area (Å²) in [7, 11) is 4.52. The number of amides is 1. The molecular weight excluding hydrogens is 426 g/mol. The average molecular weight is 453 g/mol. The molecule has 4 rings (SSSR count). The van der Waals surface area contributed by atoms with Crippen LogP contribution in [0, 0.1) is 13.8 Å². The van der Waals surface area contributed by atoms with Crippen LogP contribution in [-0.2, 0) is 0 Å². The van der Waals surface area contributed by atoms with Crippen molar-refractivity contribution in [2.75, 3.05) is 34.5 Å². The SMILES string of the molecule is COc1cc(C2c3c(oc4c(C)cc(C)cc4c3=O)C(=O)N2CCCO)cc(OC)c1OC. The molecule has 2 heterocycles. The Hall–Kier alpha value is -3.52. The fourth-order valence-electron chi connectivity index (χ4n) is 4.55. The summed E-state index contributed by atoms with van der Waals surface area (Å²) in [5.41, 5.74) is 2.76. The highest BCUT2D eigenvalue weighted by Gasteiger charge is 2.43. The van der Waals surface area contributed by atoms with Crippen LogP contribution in [0.5, 0.6) is 17.2 Å². The molecule has 1 aliphatic rings. The fraction of sp³-hybridized carbons (Fsp3) is 0.360. The Bertz CT molecular complexity index is 1270. The zero-order valence-corrected chi connectivity index (χ0v) is 19.4. The Kier molecular flexibility index (Phi) is 6.03. The minimum Gasteiger partial charge on any atom is -0.493 e. The van der Waals surface area contributed by atoms with Gasteiger partial charge in [0.25, 0.3) is 5.91 Å². The highest BCUT2D eigenvalue weighted by atomic mass is 16.5. The van der Waals surface area contributed by atoms with Crippen LogP contribution in [0.15, 0.2) is 33.5 Å². The number of ether oxygens (including phenoxy) is 3. The minimum absolute atomic E-state index is 0.0242. The Morgan fingerprint density at radius 3 is 2.24 bits per heavy atom. The number of carbonyl (C=O) groups excluding carboxylic acids is 1. The van der Waals surface area contributed by atoms with Gasteiger partial charge in [-0.05, 0) is 55.2 Å². The third-order valence-corrected chi connectivity index (χ3v) is 5.96. The Labute approximate surface area is 191 Å². The van der Waals surface area contributed by atoms with Crippen molar-refractivity contribution < 1.29 is 28.5 Å². The topological polar surface area (TPSA) is 98.4 Å². The predicted octanol–water partition coefficient (Wildman–Crippen LogP) is 3.36.